The molecule has 0 N–H and O–H groups in total. The molecule has 0 atom stereocenters. The molecule has 1 aliphatic heterocycles. The summed E-state index contributed by atoms with van der Waals surface area (Å²) in [4.78, 5) is 30.1. The van der Waals surface area contributed by atoms with Crippen molar-refractivity contribution in [1.29, 1.82) is 0 Å². The average Bonchev–Trinajstić information content (AvgIpc) is 3.36. The molecule has 0 saturated heterocycles. The summed E-state index contributed by atoms with van der Waals surface area (Å²) in [5, 5.41) is 1.15. The highest BCUT2D eigenvalue weighted by molar-refractivity contribution is 9.10. The number of carbonyl (C=O) groups excluding carboxylic acids is 2. The van der Waals surface area contributed by atoms with Gasteiger partial charge in [0, 0.05) is 30.2 Å². The van der Waals surface area contributed by atoms with Gasteiger partial charge in [-0.15, -0.1) is 11.3 Å². The van der Waals surface area contributed by atoms with E-state index in [4.69, 9.17) is 21.1 Å². The van der Waals surface area contributed by atoms with Crippen LogP contribution in [0.25, 0.3) is 16.2 Å². The molecule has 3 aromatic carbocycles. The number of carbonyl (C=O) groups is 2. The van der Waals surface area contributed by atoms with Crippen LogP contribution >= 0.6 is 54.8 Å². The summed E-state index contributed by atoms with van der Waals surface area (Å²) in [6.45, 7) is 0. The fraction of sp³-hybridized carbons (Fsp3) is 0. The van der Waals surface area contributed by atoms with E-state index in [1.54, 1.807) is 30.3 Å². The second-order valence-electron chi connectivity index (χ2n) is 7.16. The fourth-order valence-electron chi connectivity index (χ4n) is 3.29. The van der Waals surface area contributed by atoms with Crippen molar-refractivity contribution in [2.24, 2.45) is 4.99 Å². The maximum atomic E-state index is 13.0. The van der Waals surface area contributed by atoms with Crippen LogP contribution in [-0.4, -0.2) is 17.8 Å². The maximum absolute atomic E-state index is 13.0. The molecule has 4 aromatic rings. The molecule has 2 heterocycles. The van der Waals surface area contributed by atoms with Crippen molar-refractivity contribution in [1.82, 2.24) is 0 Å². The Morgan fingerprint density at radius 3 is 2.53 bits per heavy atom. The first kappa shape index (κ1) is 23.0. The molecule has 9 heteroatoms. The number of benzene rings is 3. The molecular formula is C25H12Br2ClNO4S. The number of esters is 2. The first-order valence-electron chi connectivity index (χ1n) is 9.86. The Morgan fingerprint density at radius 2 is 1.76 bits per heavy atom. The molecule has 5 rings (SSSR count). The standard InChI is InChI=1S/C25H12Br2ClNO4S/c26-15-7-5-13(6-8-15)23-29-18(24(30)33-23)12-14-11-16(27)9-10-19(14)32-25(31)22-21(28)17-3-1-2-4-20(17)34-22/h1-12H/b18-12+. The quantitative estimate of drug-likeness (QED) is 0.134. The van der Waals surface area contributed by atoms with E-state index < -0.39 is 11.9 Å². The largest absolute Gasteiger partial charge is 0.422 e. The van der Waals surface area contributed by atoms with Crippen LogP contribution in [0.15, 0.2) is 86.4 Å². The van der Waals surface area contributed by atoms with E-state index in [0.29, 0.717) is 21.0 Å². The van der Waals surface area contributed by atoms with Crippen molar-refractivity contribution in [3.8, 4) is 5.75 Å². The van der Waals surface area contributed by atoms with E-state index in [0.717, 1.165) is 19.0 Å². The Balaban J connectivity index is 1.47. The van der Waals surface area contributed by atoms with Gasteiger partial charge in [-0.2, -0.15) is 0 Å². The normalized spacial score (nSPS) is 14.4. The molecule has 0 unspecified atom stereocenters. The lowest BCUT2D eigenvalue weighted by Gasteiger charge is -2.08. The molecule has 0 spiro atoms. The van der Waals surface area contributed by atoms with Gasteiger partial charge in [0.1, 0.15) is 10.6 Å². The van der Waals surface area contributed by atoms with Crippen molar-refractivity contribution in [2.75, 3.05) is 0 Å². The lowest BCUT2D eigenvalue weighted by Crippen LogP contribution is -2.08. The van der Waals surface area contributed by atoms with E-state index in [-0.39, 0.29) is 17.3 Å². The van der Waals surface area contributed by atoms with Crippen LogP contribution in [0.4, 0.5) is 0 Å². The predicted molar refractivity (Wildman–Crippen MR) is 141 cm³/mol. The van der Waals surface area contributed by atoms with E-state index in [1.807, 2.05) is 36.4 Å². The Kier molecular flexibility index (Phi) is 6.40. The highest BCUT2D eigenvalue weighted by Crippen LogP contribution is 2.36. The Labute approximate surface area is 219 Å². The lowest BCUT2D eigenvalue weighted by molar-refractivity contribution is -0.129. The van der Waals surface area contributed by atoms with Gasteiger partial charge < -0.3 is 9.47 Å². The first-order chi connectivity index (χ1) is 16.4. The number of aliphatic imine (C=N–C) groups is 1. The number of hydrogen-bond acceptors (Lipinski definition) is 6. The van der Waals surface area contributed by atoms with Gasteiger partial charge in [-0.3, -0.25) is 0 Å². The van der Waals surface area contributed by atoms with Gasteiger partial charge in [-0.1, -0.05) is 61.7 Å². The van der Waals surface area contributed by atoms with Gasteiger partial charge >= 0.3 is 11.9 Å². The van der Waals surface area contributed by atoms with Crippen LogP contribution in [0.5, 0.6) is 5.75 Å². The number of ether oxygens (including phenoxy) is 2. The van der Waals surface area contributed by atoms with Gasteiger partial charge in [0.15, 0.2) is 5.70 Å². The van der Waals surface area contributed by atoms with Crippen molar-refractivity contribution < 1.29 is 19.1 Å². The van der Waals surface area contributed by atoms with E-state index >= 15 is 0 Å². The fourth-order valence-corrected chi connectivity index (χ4v) is 5.32. The molecule has 168 valence electrons. The topological polar surface area (TPSA) is 65.0 Å². The molecule has 0 saturated carbocycles. The lowest BCUT2D eigenvalue weighted by atomic mass is 10.1. The molecule has 1 aliphatic rings. The van der Waals surface area contributed by atoms with Gasteiger partial charge in [-0.25, -0.2) is 14.6 Å². The number of nitrogens with zero attached hydrogens (tertiary/aromatic N) is 1. The zero-order valence-corrected chi connectivity index (χ0v) is 21.8. The van der Waals surface area contributed by atoms with Gasteiger partial charge in [0.2, 0.25) is 5.90 Å². The number of fused-ring (bicyclic) bond motifs is 1. The molecule has 0 bridgehead atoms. The summed E-state index contributed by atoms with van der Waals surface area (Å²) in [6.07, 6.45) is 1.52. The number of cyclic esters (lactones) is 1. The maximum Gasteiger partial charge on any atom is 0.363 e. The predicted octanol–water partition coefficient (Wildman–Crippen LogP) is 7.64. The molecule has 0 amide bonds. The second-order valence-corrected chi connectivity index (χ2v) is 10.4. The zero-order chi connectivity index (χ0) is 23.8. The minimum Gasteiger partial charge on any atom is -0.422 e. The van der Waals surface area contributed by atoms with Gasteiger partial charge in [-0.05, 0) is 54.6 Å². The Hall–Kier alpha value is -2.78. The third-order valence-corrected chi connectivity index (χ3v) is 7.58. The minimum absolute atomic E-state index is 0.0909. The van der Waals surface area contributed by atoms with Crippen LogP contribution in [0, 0.1) is 0 Å². The van der Waals surface area contributed by atoms with Crippen LogP contribution < -0.4 is 4.74 Å². The van der Waals surface area contributed by atoms with Crippen LogP contribution in [0.3, 0.4) is 0 Å². The summed E-state index contributed by atoms with van der Waals surface area (Å²) >= 11 is 14.5. The van der Waals surface area contributed by atoms with Crippen LogP contribution in [0.2, 0.25) is 5.02 Å². The number of thiophene rings is 1. The summed E-state index contributed by atoms with van der Waals surface area (Å²) < 4.78 is 13.5. The molecule has 0 fully saturated rings. The van der Waals surface area contributed by atoms with Crippen molar-refractivity contribution in [3.05, 3.63) is 102 Å². The summed E-state index contributed by atoms with van der Waals surface area (Å²) in [6, 6.07) is 19.8. The summed E-state index contributed by atoms with van der Waals surface area (Å²) in [5.41, 5.74) is 1.24. The number of halogens is 3. The average molecular weight is 618 g/mol. The highest BCUT2D eigenvalue weighted by atomic mass is 79.9. The van der Waals surface area contributed by atoms with E-state index in [9.17, 15) is 9.59 Å². The van der Waals surface area contributed by atoms with Gasteiger partial charge in [0.05, 0.1) is 5.02 Å². The first-order valence-corrected chi connectivity index (χ1v) is 12.6. The number of rotatable bonds is 4. The monoisotopic (exact) mass is 615 g/mol. The van der Waals surface area contributed by atoms with Crippen molar-refractivity contribution in [2.45, 2.75) is 0 Å². The molecule has 0 radical (unpaired) electrons. The smallest absolute Gasteiger partial charge is 0.363 e. The SMILES string of the molecule is O=C1OC(c2ccc(Br)cc2)=N/C1=C/c1cc(Br)ccc1OC(=O)c1sc2ccccc2c1Cl. The Morgan fingerprint density at radius 1 is 1.03 bits per heavy atom. The van der Waals surface area contributed by atoms with Crippen molar-refractivity contribution >= 4 is 88.8 Å². The third kappa shape index (κ3) is 4.59. The number of hydrogen-bond donors (Lipinski definition) is 0. The molecular weight excluding hydrogens is 606 g/mol. The molecule has 0 aliphatic carbocycles. The molecule has 34 heavy (non-hydrogen) atoms. The highest BCUT2D eigenvalue weighted by Gasteiger charge is 2.25. The minimum atomic E-state index is -0.595. The second kappa shape index (κ2) is 9.46. The Bertz CT molecular complexity index is 1530. The molecule has 1 aromatic heterocycles. The van der Waals surface area contributed by atoms with Gasteiger partial charge in [0.25, 0.3) is 0 Å². The third-order valence-electron chi connectivity index (χ3n) is 4.90. The zero-order valence-electron chi connectivity index (χ0n) is 17.1. The summed E-state index contributed by atoms with van der Waals surface area (Å²) in [5.74, 6) is -0.715. The molecule has 5 nitrogen and oxygen atoms in total. The summed E-state index contributed by atoms with van der Waals surface area (Å²) in [7, 11) is 0. The van der Waals surface area contributed by atoms with Crippen LogP contribution in [0.1, 0.15) is 20.8 Å². The van der Waals surface area contributed by atoms with Crippen molar-refractivity contribution in [3.63, 3.8) is 0 Å². The van der Waals surface area contributed by atoms with Crippen LogP contribution in [-0.2, 0) is 9.53 Å². The van der Waals surface area contributed by atoms with E-state index in [1.165, 1.54) is 17.4 Å². The van der Waals surface area contributed by atoms with E-state index in [2.05, 4.69) is 36.9 Å².